The van der Waals surface area contributed by atoms with E-state index in [-0.39, 0.29) is 6.42 Å². The fraction of sp³-hybridized carbons (Fsp3) is 0.571. The number of hydrogen-bond acceptors (Lipinski definition) is 2. The Morgan fingerprint density at radius 2 is 2.15 bits per heavy atom. The van der Waals surface area contributed by atoms with E-state index in [1.165, 1.54) is 18.5 Å². The quantitative estimate of drug-likeness (QED) is 0.789. The molecule has 0 aromatic carbocycles. The highest BCUT2D eigenvalue weighted by Gasteiger charge is 2.40. The van der Waals surface area contributed by atoms with Crippen LogP contribution < -0.4 is 0 Å². The molecule has 1 N–H and O–H groups in total. The normalized spacial score (nSPS) is 14.5. The van der Waals surface area contributed by atoms with Crippen LogP contribution in [0.1, 0.15) is 12.5 Å². The van der Waals surface area contributed by atoms with Gasteiger partial charge in [0.25, 0.3) is 0 Å². The maximum absolute atomic E-state index is 12.3. The Balaban J connectivity index is 2.81. The van der Waals surface area contributed by atoms with Crippen molar-refractivity contribution >= 4 is 0 Å². The van der Waals surface area contributed by atoms with Crippen molar-refractivity contribution in [1.29, 1.82) is 0 Å². The lowest BCUT2D eigenvalue weighted by Crippen LogP contribution is -2.27. The average molecular weight is 194 g/mol. The topological polar surface area (TPSA) is 38.0 Å². The van der Waals surface area contributed by atoms with Crippen LogP contribution in [-0.4, -0.2) is 27.7 Å². The Labute approximate surface area is 72.8 Å². The molecule has 0 radical (unpaired) electrons. The summed E-state index contributed by atoms with van der Waals surface area (Å²) in [6.45, 7) is -0.510. The zero-order valence-electron chi connectivity index (χ0n) is 6.70. The van der Waals surface area contributed by atoms with E-state index in [1.807, 2.05) is 0 Å². The van der Waals surface area contributed by atoms with Crippen LogP contribution in [0, 0.1) is 0 Å². The van der Waals surface area contributed by atoms with Gasteiger partial charge in [-0.15, -0.1) is 0 Å². The summed E-state index contributed by atoms with van der Waals surface area (Å²) in [4.78, 5) is 0. The summed E-state index contributed by atoms with van der Waals surface area (Å²) in [5, 5.41) is 11.9. The van der Waals surface area contributed by atoms with Crippen LogP contribution in [0.25, 0.3) is 0 Å². The molecule has 0 saturated carbocycles. The summed E-state index contributed by atoms with van der Waals surface area (Å²) in [5.74, 6) is 0. The smallest absolute Gasteiger partial charge is 0.396 e. The molecule has 1 heterocycles. The predicted molar refractivity (Wildman–Crippen MR) is 39.0 cm³/mol. The molecule has 3 nitrogen and oxygen atoms in total. The Morgan fingerprint density at radius 1 is 1.46 bits per heavy atom. The monoisotopic (exact) mass is 194 g/mol. The third-order valence-electron chi connectivity index (χ3n) is 1.62. The maximum atomic E-state index is 12.3. The maximum Gasteiger partial charge on any atom is 0.410 e. The Hall–Kier alpha value is -1.04. The van der Waals surface area contributed by atoms with Crippen LogP contribution in [0.5, 0.6) is 0 Å². The van der Waals surface area contributed by atoms with Gasteiger partial charge < -0.3 is 5.11 Å². The molecular weight excluding hydrogens is 185 g/mol. The first-order chi connectivity index (χ1) is 6.05. The molecule has 74 valence electrons. The molecular formula is C7H9F3N2O. The van der Waals surface area contributed by atoms with Crippen molar-refractivity contribution in [3.8, 4) is 0 Å². The molecule has 0 bridgehead atoms. The number of rotatable bonds is 3. The fourth-order valence-corrected chi connectivity index (χ4v) is 1.03. The molecule has 1 aromatic rings. The van der Waals surface area contributed by atoms with Gasteiger partial charge in [-0.1, -0.05) is 0 Å². The van der Waals surface area contributed by atoms with Crippen molar-refractivity contribution in [1.82, 2.24) is 9.78 Å². The zero-order chi connectivity index (χ0) is 9.90. The van der Waals surface area contributed by atoms with Crippen molar-refractivity contribution in [3.63, 3.8) is 0 Å². The lowest BCUT2D eigenvalue weighted by atomic mass is 10.2. The third-order valence-corrected chi connectivity index (χ3v) is 1.62. The fourth-order valence-electron chi connectivity index (χ4n) is 1.03. The van der Waals surface area contributed by atoms with E-state index >= 15 is 0 Å². The molecule has 0 fully saturated rings. The Kier molecular flexibility index (Phi) is 2.92. The number of hydrogen-bond donors (Lipinski definition) is 1. The molecule has 6 heteroatoms. The molecule has 1 aromatic heterocycles. The minimum Gasteiger partial charge on any atom is -0.396 e. The first-order valence-electron chi connectivity index (χ1n) is 3.72. The highest BCUT2D eigenvalue weighted by atomic mass is 19.4. The van der Waals surface area contributed by atoms with E-state index in [9.17, 15) is 13.2 Å². The summed E-state index contributed by atoms with van der Waals surface area (Å²) >= 11 is 0. The van der Waals surface area contributed by atoms with Crippen molar-refractivity contribution in [2.45, 2.75) is 18.6 Å². The van der Waals surface area contributed by atoms with Gasteiger partial charge in [-0.2, -0.15) is 18.3 Å². The van der Waals surface area contributed by atoms with Crippen LogP contribution in [0.2, 0.25) is 0 Å². The second-order valence-corrected chi connectivity index (χ2v) is 2.56. The molecule has 1 atom stereocenters. The molecule has 0 aliphatic carbocycles. The van der Waals surface area contributed by atoms with E-state index in [2.05, 4.69) is 5.10 Å². The van der Waals surface area contributed by atoms with Crippen LogP contribution in [0.4, 0.5) is 13.2 Å². The van der Waals surface area contributed by atoms with Crippen LogP contribution >= 0.6 is 0 Å². The second-order valence-electron chi connectivity index (χ2n) is 2.56. The molecule has 0 aliphatic rings. The minimum absolute atomic E-state index is 0.370. The van der Waals surface area contributed by atoms with Gasteiger partial charge in [-0.3, -0.25) is 4.68 Å². The van der Waals surface area contributed by atoms with Crippen LogP contribution in [0.15, 0.2) is 18.5 Å². The lowest BCUT2D eigenvalue weighted by Gasteiger charge is -2.19. The number of aliphatic hydroxyl groups is 1. The van der Waals surface area contributed by atoms with Crippen LogP contribution in [0.3, 0.4) is 0 Å². The van der Waals surface area contributed by atoms with Gasteiger partial charge in [0.1, 0.15) is 6.04 Å². The Morgan fingerprint density at radius 3 is 2.54 bits per heavy atom. The minimum atomic E-state index is -4.37. The van der Waals surface area contributed by atoms with Gasteiger partial charge >= 0.3 is 6.18 Å². The highest BCUT2D eigenvalue weighted by molar-refractivity contribution is 4.84. The van der Waals surface area contributed by atoms with Crippen LogP contribution in [-0.2, 0) is 0 Å². The number of aromatic nitrogens is 2. The first-order valence-corrected chi connectivity index (χ1v) is 3.72. The molecule has 13 heavy (non-hydrogen) atoms. The van der Waals surface area contributed by atoms with Crippen molar-refractivity contribution in [3.05, 3.63) is 18.5 Å². The molecule has 0 aliphatic heterocycles. The molecule has 0 spiro atoms. The SMILES string of the molecule is OCC[C@@H](n1cccn1)C(F)(F)F. The van der Waals surface area contributed by atoms with E-state index in [4.69, 9.17) is 5.11 Å². The van der Waals surface area contributed by atoms with Gasteiger partial charge in [0.15, 0.2) is 0 Å². The molecule has 0 amide bonds. The zero-order valence-corrected chi connectivity index (χ0v) is 6.70. The largest absolute Gasteiger partial charge is 0.410 e. The molecule has 1 rings (SSSR count). The standard InChI is InChI=1S/C7H9F3N2O/c8-7(9,10)6(2-5-13)12-4-1-3-11-12/h1,3-4,6,13H,2,5H2/t6-/m1/s1. The molecule has 0 unspecified atom stereocenters. The summed E-state index contributed by atoms with van der Waals surface area (Å²) in [7, 11) is 0. The van der Waals surface area contributed by atoms with Gasteiger partial charge in [0.05, 0.1) is 0 Å². The van der Waals surface area contributed by atoms with Gasteiger partial charge in [-0.25, -0.2) is 0 Å². The summed E-state index contributed by atoms with van der Waals surface area (Å²) in [6, 6.07) is -0.316. The first kappa shape index (κ1) is 10.0. The van der Waals surface area contributed by atoms with Crippen molar-refractivity contribution in [2.75, 3.05) is 6.61 Å². The van der Waals surface area contributed by atoms with E-state index in [1.54, 1.807) is 0 Å². The summed E-state index contributed by atoms with van der Waals surface area (Å²) in [6.07, 6.45) is -2.23. The summed E-state index contributed by atoms with van der Waals surface area (Å²) < 4.78 is 37.7. The Bertz CT molecular complexity index is 245. The molecule has 0 saturated heterocycles. The van der Waals surface area contributed by atoms with Crippen molar-refractivity contribution in [2.24, 2.45) is 0 Å². The lowest BCUT2D eigenvalue weighted by molar-refractivity contribution is -0.173. The van der Waals surface area contributed by atoms with E-state index in [0.29, 0.717) is 0 Å². The number of halogens is 3. The van der Waals surface area contributed by atoms with E-state index < -0.39 is 18.8 Å². The van der Waals surface area contributed by atoms with Gasteiger partial charge in [0.2, 0.25) is 0 Å². The highest BCUT2D eigenvalue weighted by Crippen LogP contribution is 2.32. The van der Waals surface area contributed by atoms with Crippen molar-refractivity contribution < 1.29 is 18.3 Å². The van der Waals surface area contributed by atoms with Gasteiger partial charge in [0, 0.05) is 25.4 Å². The number of aliphatic hydroxyl groups excluding tert-OH is 1. The average Bonchev–Trinajstić information content (AvgIpc) is 2.49. The van der Waals surface area contributed by atoms with Gasteiger partial charge in [-0.05, 0) is 6.07 Å². The summed E-state index contributed by atoms with van der Waals surface area (Å²) in [5.41, 5.74) is 0. The third kappa shape index (κ3) is 2.45. The predicted octanol–water partition coefficient (Wildman–Crippen LogP) is 1.37. The number of alkyl halides is 3. The number of nitrogens with zero attached hydrogens (tertiary/aromatic N) is 2. The second kappa shape index (κ2) is 3.78. The van der Waals surface area contributed by atoms with E-state index in [0.717, 1.165) is 4.68 Å².